The maximum atomic E-state index is 13.3. The second-order valence-corrected chi connectivity index (χ2v) is 3.84. The fourth-order valence-electron chi connectivity index (χ4n) is 1.25. The van der Waals surface area contributed by atoms with E-state index in [-0.39, 0.29) is 18.0 Å². The average molecular weight is 278 g/mol. The first-order valence-electron chi connectivity index (χ1n) is 5.04. The van der Waals surface area contributed by atoms with Crippen LogP contribution in [0.3, 0.4) is 0 Å². The van der Waals surface area contributed by atoms with Crippen LogP contribution in [0.25, 0.3) is 0 Å². The predicted octanol–water partition coefficient (Wildman–Crippen LogP) is 2.62. The van der Waals surface area contributed by atoms with Gasteiger partial charge in [0.15, 0.2) is 0 Å². The molecule has 98 valence electrons. The third kappa shape index (κ3) is 3.66. The zero-order chi connectivity index (χ0) is 13.7. The molecule has 0 aliphatic heterocycles. The lowest BCUT2D eigenvalue weighted by Gasteiger charge is -2.07. The molecule has 0 aliphatic carbocycles. The van der Waals surface area contributed by atoms with E-state index < -0.39 is 29.1 Å². The molecule has 1 rings (SSSR count). The number of nitrogens with one attached hydrogen (secondary N) is 1. The Morgan fingerprint density at radius 1 is 1.28 bits per heavy atom. The topological polar surface area (TPSA) is 66.4 Å². The molecule has 0 spiro atoms. The summed E-state index contributed by atoms with van der Waals surface area (Å²) in [4.78, 5) is 22.0. The Morgan fingerprint density at radius 3 is 2.50 bits per heavy atom. The van der Waals surface area contributed by atoms with E-state index >= 15 is 0 Å². The van der Waals surface area contributed by atoms with Crippen LogP contribution in [0, 0.1) is 11.6 Å². The van der Waals surface area contributed by atoms with E-state index in [1.807, 2.05) is 0 Å². The highest BCUT2D eigenvalue weighted by molar-refractivity contribution is 6.18. The number of carboxylic acid groups (broad SMARTS) is 1. The maximum Gasteiger partial charge on any atom is 0.338 e. The fourth-order valence-corrected chi connectivity index (χ4v) is 1.38. The normalized spacial score (nSPS) is 10.2. The summed E-state index contributed by atoms with van der Waals surface area (Å²) < 4.78 is 26.4. The van der Waals surface area contributed by atoms with Crippen molar-refractivity contribution in [3.63, 3.8) is 0 Å². The zero-order valence-electron chi connectivity index (χ0n) is 9.17. The monoisotopic (exact) mass is 277 g/mol. The molecular weight excluding hydrogens is 268 g/mol. The summed E-state index contributed by atoms with van der Waals surface area (Å²) in [6.07, 6.45) is 0.477. The summed E-state index contributed by atoms with van der Waals surface area (Å²) in [5, 5.41) is 10.8. The highest BCUT2D eigenvalue weighted by Crippen LogP contribution is 2.20. The van der Waals surface area contributed by atoms with Gasteiger partial charge in [0, 0.05) is 18.4 Å². The molecule has 0 aliphatic rings. The van der Waals surface area contributed by atoms with Crippen LogP contribution in [0.5, 0.6) is 0 Å². The van der Waals surface area contributed by atoms with Crippen molar-refractivity contribution in [1.82, 2.24) is 0 Å². The van der Waals surface area contributed by atoms with Gasteiger partial charge in [0.1, 0.15) is 11.6 Å². The van der Waals surface area contributed by atoms with Crippen LogP contribution in [0.15, 0.2) is 12.1 Å². The average Bonchev–Trinajstić information content (AvgIpc) is 2.29. The van der Waals surface area contributed by atoms with Gasteiger partial charge in [-0.1, -0.05) is 0 Å². The van der Waals surface area contributed by atoms with Crippen LogP contribution < -0.4 is 5.32 Å². The molecule has 4 nitrogen and oxygen atoms in total. The molecule has 0 saturated carbocycles. The second-order valence-electron chi connectivity index (χ2n) is 3.46. The summed E-state index contributed by atoms with van der Waals surface area (Å²) in [7, 11) is 0. The van der Waals surface area contributed by atoms with Gasteiger partial charge in [-0.15, -0.1) is 11.6 Å². The van der Waals surface area contributed by atoms with Gasteiger partial charge in [-0.3, -0.25) is 4.79 Å². The first-order valence-corrected chi connectivity index (χ1v) is 5.57. The highest BCUT2D eigenvalue weighted by Gasteiger charge is 2.16. The van der Waals surface area contributed by atoms with Crippen LogP contribution in [0.1, 0.15) is 23.2 Å². The molecule has 0 heterocycles. The number of amides is 1. The first-order chi connectivity index (χ1) is 8.45. The lowest BCUT2D eigenvalue weighted by atomic mass is 10.1. The number of rotatable bonds is 5. The van der Waals surface area contributed by atoms with Crippen molar-refractivity contribution < 1.29 is 23.5 Å². The molecule has 0 fully saturated rings. The van der Waals surface area contributed by atoms with E-state index in [2.05, 4.69) is 5.32 Å². The van der Waals surface area contributed by atoms with Crippen molar-refractivity contribution in [2.45, 2.75) is 12.8 Å². The van der Waals surface area contributed by atoms with Gasteiger partial charge < -0.3 is 10.4 Å². The van der Waals surface area contributed by atoms with Gasteiger partial charge in [-0.05, 0) is 12.5 Å². The third-order valence-electron chi connectivity index (χ3n) is 2.10. The highest BCUT2D eigenvalue weighted by atomic mass is 35.5. The summed E-state index contributed by atoms with van der Waals surface area (Å²) in [6.45, 7) is 0. The largest absolute Gasteiger partial charge is 0.478 e. The molecule has 7 heteroatoms. The van der Waals surface area contributed by atoms with Crippen molar-refractivity contribution >= 4 is 29.2 Å². The van der Waals surface area contributed by atoms with Crippen molar-refractivity contribution in [3.8, 4) is 0 Å². The van der Waals surface area contributed by atoms with Crippen LogP contribution >= 0.6 is 11.6 Å². The standard InChI is InChI=1S/C11H10ClF2NO3/c12-3-1-2-10(16)15-9-4-6(11(17)18)7(13)5-8(9)14/h4-5H,1-3H2,(H,15,16)(H,17,18). The lowest BCUT2D eigenvalue weighted by Crippen LogP contribution is -2.14. The summed E-state index contributed by atoms with van der Waals surface area (Å²) in [5.74, 6) is -4.00. The molecule has 1 aromatic rings. The maximum absolute atomic E-state index is 13.3. The van der Waals surface area contributed by atoms with E-state index in [9.17, 15) is 18.4 Å². The summed E-state index contributed by atoms with van der Waals surface area (Å²) >= 11 is 5.39. The minimum absolute atomic E-state index is 0.0721. The third-order valence-corrected chi connectivity index (χ3v) is 2.37. The Balaban J connectivity index is 2.92. The number of anilines is 1. The number of hydrogen-bond donors (Lipinski definition) is 2. The van der Waals surface area contributed by atoms with E-state index in [0.29, 0.717) is 12.5 Å². The van der Waals surface area contributed by atoms with Crippen molar-refractivity contribution in [1.29, 1.82) is 0 Å². The van der Waals surface area contributed by atoms with E-state index in [0.717, 1.165) is 6.07 Å². The Hall–Kier alpha value is -1.69. The number of carbonyl (C=O) groups is 2. The van der Waals surface area contributed by atoms with Crippen molar-refractivity contribution in [2.24, 2.45) is 0 Å². The molecule has 0 saturated heterocycles. The molecule has 1 aromatic carbocycles. The molecule has 0 radical (unpaired) electrons. The van der Waals surface area contributed by atoms with Crippen molar-refractivity contribution in [3.05, 3.63) is 29.3 Å². The Bertz CT molecular complexity index is 480. The van der Waals surface area contributed by atoms with Crippen molar-refractivity contribution in [2.75, 3.05) is 11.2 Å². The molecule has 18 heavy (non-hydrogen) atoms. The van der Waals surface area contributed by atoms with Gasteiger partial charge >= 0.3 is 5.97 Å². The van der Waals surface area contributed by atoms with E-state index in [1.165, 1.54) is 0 Å². The van der Waals surface area contributed by atoms with Gasteiger partial charge in [0.2, 0.25) is 5.91 Å². The lowest BCUT2D eigenvalue weighted by molar-refractivity contribution is -0.116. The number of aromatic carboxylic acids is 1. The Labute approximate surface area is 107 Å². The Morgan fingerprint density at radius 2 is 1.94 bits per heavy atom. The quantitative estimate of drug-likeness (QED) is 0.813. The molecule has 0 aromatic heterocycles. The first kappa shape index (κ1) is 14.4. The van der Waals surface area contributed by atoms with Gasteiger partial charge in [0.25, 0.3) is 0 Å². The molecule has 1 amide bonds. The predicted molar refractivity (Wildman–Crippen MR) is 61.9 cm³/mol. The fraction of sp³-hybridized carbons (Fsp3) is 0.273. The molecular formula is C11H10ClF2NO3. The smallest absolute Gasteiger partial charge is 0.338 e. The number of hydrogen-bond acceptors (Lipinski definition) is 2. The number of carboxylic acids is 1. The van der Waals surface area contributed by atoms with Crippen LogP contribution in [0.4, 0.5) is 14.5 Å². The number of alkyl halides is 1. The molecule has 0 atom stereocenters. The molecule has 0 unspecified atom stereocenters. The summed E-state index contributed by atoms with van der Waals surface area (Å²) in [5.41, 5.74) is -1.07. The number of benzene rings is 1. The van der Waals surface area contributed by atoms with Gasteiger partial charge in [0.05, 0.1) is 11.3 Å². The SMILES string of the molecule is O=C(CCCCl)Nc1cc(C(=O)O)c(F)cc1F. The number of carbonyl (C=O) groups excluding carboxylic acids is 1. The van der Waals surface area contributed by atoms with Crippen LogP contribution in [0.2, 0.25) is 0 Å². The van der Waals surface area contributed by atoms with Crippen LogP contribution in [-0.2, 0) is 4.79 Å². The minimum atomic E-state index is -1.54. The number of halogens is 3. The van der Waals surface area contributed by atoms with Gasteiger partial charge in [-0.25, -0.2) is 13.6 Å². The summed E-state index contributed by atoms with van der Waals surface area (Å²) in [6, 6.07) is 1.16. The zero-order valence-corrected chi connectivity index (χ0v) is 9.93. The van der Waals surface area contributed by atoms with E-state index in [4.69, 9.17) is 16.7 Å². The molecule has 0 bridgehead atoms. The van der Waals surface area contributed by atoms with E-state index in [1.54, 1.807) is 0 Å². The molecule has 2 N–H and O–H groups in total. The minimum Gasteiger partial charge on any atom is -0.478 e. The second kappa shape index (κ2) is 6.30. The Kier molecular flexibility index (Phi) is 5.03. The van der Waals surface area contributed by atoms with Gasteiger partial charge in [-0.2, -0.15) is 0 Å². The van der Waals surface area contributed by atoms with Crippen LogP contribution in [-0.4, -0.2) is 22.9 Å².